The maximum atomic E-state index is 12.1. The summed E-state index contributed by atoms with van der Waals surface area (Å²) in [5, 5.41) is 6.30. The van der Waals surface area contributed by atoms with Crippen LogP contribution in [0.25, 0.3) is 5.65 Å². The number of carbonyl (C=O) groups excluding carboxylic acids is 2. The van der Waals surface area contributed by atoms with E-state index < -0.39 is 0 Å². The van der Waals surface area contributed by atoms with Crippen molar-refractivity contribution in [1.29, 1.82) is 0 Å². The molecule has 0 saturated carbocycles. The quantitative estimate of drug-likeness (QED) is 0.654. The highest BCUT2D eigenvalue weighted by molar-refractivity contribution is 6.30. The van der Waals surface area contributed by atoms with E-state index in [9.17, 15) is 9.59 Å². The number of rotatable bonds is 6. The number of nitrogens with zero attached hydrogens (tertiary/aromatic N) is 3. The van der Waals surface area contributed by atoms with Crippen LogP contribution in [-0.4, -0.2) is 32.8 Å². The number of fused-ring (bicyclic) bond motifs is 1. The number of likely N-dealkylation sites (tertiary alicyclic amines) is 1. The Bertz CT molecular complexity index is 1050. The van der Waals surface area contributed by atoms with Crippen molar-refractivity contribution in [2.45, 2.75) is 32.5 Å². The van der Waals surface area contributed by atoms with Gasteiger partial charge in [-0.2, -0.15) is 0 Å². The normalized spacial score (nSPS) is 13.8. The molecule has 0 bridgehead atoms. The lowest BCUT2D eigenvalue weighted by molar-refractivity contribution is -0.128. The van der Waals surface area contributed by atoms with Gasteiger partial charge in [-0.05, 0) is 29.7 Å². The Labute approximate surface area is 173 Å². The van der Waals surface area contributed by atoms with E-state index in [4.69, 9.17) is 11.6 Å². The fraction of sp³-hybridized carbons (Fsp3) is 0.286. The second-order valence-electron chi connectivity index (χ2n) is 7.12. The van der Waals surface area contributed by atoms with Gasteiger partial charge in [0.15, 0.2) is 0 Å². The van der Waals surface area contributed by atoms with Crippen LogP contribution in [0.3, 0.4) is 0 Å². The van der Waals surface area contributed by atoms with Gasteiger partial charge >= 0.3 is 6.03 Å². The molecule has 0 atom stereocenters. The number of hydrogen-bond donors (Lipinski definition) is 2. The minimum Gasteiger partial charge on any atom is -0.338 e. The molecule has 1 saturated heterocycles. The molecule has 2 N–H and O–H groups in total. The predicted molar refractivity (Wildman–Crippen MR) is 110 cm³/mol. The van der Waals surface area contributed by atoms with Crippen molar-refractivity contribution in [1.82, 2.24) is 24.9 Å². The van der Waals surface area contributed by atoms with Gasteiger partial charge in [-0.1, -0.05) is 35.9 Å². The number of amides is 3. The van der Waals surface area contributed by atoms with E-state index in [2.05, 4.69) is 15.6 Å². The second-order valence-corrected chi connectivity index (χ2v) is 7.56. The third-order valence-electron chi connectivity index (χ3n) is 4.88. The summed E-state index contributed by atoms with van der Waals surface area (Å²) in [6.07, 6.45) is 5.18. The first kappa shape index (κ1) is 19.3. The Hall–Kier alpha value is -3.06. The molecule has 4 rings (SSSR count). The number of aromatic nitrogens is 2. The Morgan fingerprint density at radius 2 is 1.93 bits per heavy atom. The largest absolute Gasteiger partial charge is 0.338 e. The molecule has 3 heterocycles. The molecule has 1 aliphatic heterocycles. The van der Waals surface area contributed by atoms with Gasteiger partial charge in [-0.15, -0.1) is 0 Å². The van der Waals surface area contributed by atoms with E-state index >= 15 is 0 Å². The highest BCUT2D eigenvalue weighted by Crippen LogP contribution is 2.15. The van der Waals surface area contributed by atoms with E-state index in [1.807, 2.05) is 45.8 Å². The topological polar surface area (TPSA) is 78.7 Å². The molecule has 1 aromatic carbocycles. The van der Waals surface area contributed by atoms with Gasteiger partial charge < -0.3 is 19.9 Å². The number of urea groups is 1. The number of benzene rings is 1. The molecule has 0 unspecified atom stereocenters. The van der Waals surface area contributed by atoms with Crippen LogP contribution in [0, 0.1) is 0 Å². The zero-order valence-electron chi connectivity index (χ0n) is 15.9. The van der Waals surface area contributed by atoms with Gasteiger partial charge in [-0.3, -0.25) is 4.79 Å². The van der Waals surface area contributed by atoms with Gasteiger partial charge in [0, 0.05) is 38.4 Å². The molecule has 150 valence electrons. The summed E-state index contributed by atoms with van der Waals surface area (Å²) in [5.74, 6) is 0.210. The van der Waals surface area contributed by atoms with Crippen molar-refractivity contribution in [3.8, 4) is 0 Å². The van der Waals surface area contributed by atoms with Crippen molar-refractivity contribution in [3.05, 3.63) is 70.6 Å². The van der Waals surface area contributed by atoms with E-state index in [0.717, 1.165) is 35.4 Å². The number of halogens is 1. The smallest absolute Gasteiger partial charge is 0.315 e. The van der Waals surface area contributed by atoms with Crippen molar-refractivity contribution < 1.29 is 9.59 Å². The first-order chi connectivity index (χ1) is 14.1. The average molecular weight is 412 g/mol. The highest BCUT2D eigenvalue weighted by Gasteiger charge is 2.19. The monoisotopic (exact) mass is 411 g/mol. The summed E-state index contributed by atoms with van der Waals surface area (Å²) in [5.41, 5.74) is 3.59. The number of imidazole rings is 1. The van der Waals surface area contributed by atoms with E-state index in [-0.39, 0.29) is 11.9 Å². The molecule has 3 amide bonds. The molecule has 7 nitrogen and oxygen atoms in total. The van der Waals surface area contributed by atoms with Crippen molar-refractivity contribution in [3.63, 3.8) is 0 Å². The third kappa shape index (κ3) is 4.86. The zero-order chi connectivity index (χ0) is 20.2. The minimum absolute atomic E-state index is 0.210. The van der Waals surface area contributed by atoms with Crippen molar-refractivity contribution in [2.24, 2.45) is 0 Å². The molecule has 8 heteroatoms. The molecular weight excluding hydrogens is 390 g/mol. The molecular formula is C21H22ClN5O2. The van der Waals surface area contributed by atoms with Crippen LogP contribution < -0.4 is 10.6 Å². The average Bonchev–Trinajstić information content (AvgIpc) is 3.30. The van der Waals surface area contributed by atoms with Gasteiger partial charge in [0.25, 0.3) is 0 Å². The Kier molecular flexibility index (Phi) is 5.67. The van der Waals surface area contributed by atoms with Gasteiger partial charge in [0.1, 0.15) is 5.65 Å². The van der Waals surface area contributed by atoms with Crippen molar-refractivity contribution in [2.75, 3.05) is 6.54 Å². The highest BCUT2D eigenvalue weighted by atomic mass is 35.5. The fourth-order valence-corrected chi connectivity index (χ4v) is 3.62. The summed E-state index contributed by atoms with van der Waals surface area (Å²) in [7, 11) is 0. The molecule has 0 spiro atoms. The predicted octanol–water partition coefficient (Wildman–Crippen LogP) is 3.11. The zero-order valence-corrected chi connectivity index (χ0v) is 16.7. The lowest BCUT2D eigenvalue weighted by Crippen LogP contribution is -2.34. The molecule has 1 aliphatic rings. The number of carbonyl (C=O) groups is 2. The number of hydrogen-bond acceptors (Lipinski definition) is 3. The molecule has 0 aliphatic carbocycles. The van der Waals surface area contributed by atoms with Crippen molar-refractivity contribution >= 4 is 29.2 Å². The second kappa shape index (κ2) is 8.53. The van der Waals surface area contributed by atoms with Crippen LogP contribution in [0.1, 0.15) is 29.7 Å². The molecule has 1 fully saturated rings. The Balaban J connectivity index is 1.27. The summed E-state index contributed by atoms with van der Waals surface area (Å²) < 4.78 is 1.83. The van der Waals surface area contributed by atoms with E-state index in [1.165, 1.54) is 0 Å². The van der Waals surface area contributed by atoms with Crippen LogP contribution in [0.5, 0.6) is 0 Å². The third-order valence-corrected chi connectivity index (χ3v) is 5.11. The summed E-state index contributed by atoms with van der Waals surface area (Å²) >= 11 is 5.97. The first-order valence-corrected chi connectivity index (χ1v) is 9.95. The van der Waals surface area contributed by atoms with Gasteiger partial charge in [0.05, 0.1) is 17.3 Å². The summed E-state index contributed by atoms with van der Waals surface area (Å²) in [4.78, 5) is 30.2. The molecule has 2 aromatic heterocycles. The lowest BCUT2D eigenvalue weighted by Gasteiger charge is -2.16. The van der Waals surface area contributed by atoms with Gasteiger partial charge in [0.2, 0.25) is 5.91 Å². The molecule has 0 radical (unpaired) electrons. The summed E-state index contributed by atoms with van der Waals surface area (Å²) in [6.45, 7) is 2.17. The van der Waals surface area contributed by atoms with Crippen LogP contribution in [0.15, 0.2) is 48.8 Å². The SMILES string of the molecule is O=C(NCc1cccc(CN2CCCC2=O)c1)NCc1cn2cc(Cl)ccc2n1. The van der Waals surface area contributed by atoms with E-state index in [1.54, 1.807) is 12.3 Å². The standard InChI is InChI=1S/C21H22ClN5O2/c22-17-6-7-19-25-18(14-27(19)13-17)11-24-21(29)23-10-15-3-1-4-16(9-15)12-26-8-2-5-20(26)28/h1,3-4,6-7,9,13-14H,2,5,8,10-12H2,(H2,23,24,29). The van der Waals surface area contributed by atoms with Gasteiger partial charge in [-0.25, -0.2) is 9.78 Å². The summed E-state index contributed by atoms with van der Waals surface area (Å²) in [6, 6.07) is 11.3. The maximum absolute atomic E-state index is 12.1. The Morgan fingerprint density at radius 1 is 1.10 bits per heavy atom. The fourth-order valence-electron chi connectivity index (χ4n) is 3.45. The van der Waals surface area contributed by atoms with E-state index in [0.29, 0.717) is 31.1 Å². The van der Waals surface area contributed by atoms with Crippen LogP contribution >= 0.6 is 11.6 Å². The number of pyridine rings is 1. The van der Waals surface area contributed by atoms with Crippen LogP contribution in [0.2, 0.25) is 5.02 Å². The lowest BCUT2D eigenvalue weighted by atomic mass is 10.1. The van der Waals surface area contributed by atoms with Crippen LogP contribution in [-0.2, 0) is 24.4 Å². The minimum atomic E-state index is -0.264. The number of nitrogens with one attached hydrogen (secondary N) is 2. The molecule has 29 heavy (non-hydrogen) atoms. The Morgan fingerprint density at radius 3 is 2.76 bits per heavy atom. The van der Waals surface area contributed by atoms with Crippen LogP contribution in [0.4, 0.5) is 4.79 Å². The maximum Gasteiger partial charge on any atom is 0.315 e. The molecule has 3 aromatic rings. The first-order valence-electron chi connectivity index (χ1n) is 9.57.